The molecule has 12 heteroatoms. The number of nitrogens with zero attached hydrogens (tertiary/aromatic N) is 2. The minimum atomic E-state index is -4.56. The maximum atomic E-state index is 14.5. The molecular weight excluding hydrogens is 467 g/mol. The number of methoxy groups -OCH3 is 1. The fourth-order valence-corrected chi connectivity index (χ4v) is 3.25. The van der Waals surface area contributed by atoms with Gasteiger partial charge in [-0.2, -0.15) is 13.2 Å². The molecule has 0 atom stereocenters. The van der Waals surface area contributed by atoms with Crippen molar-refractivity contribution in [1.82, 2.24) is 4.90 Å². The van der Waals surface area contributed by atoms with Crippen molar-refractivity contribution in [2.75, 3.05) is 18.6 Å². The monoisotopic (exact) mass is 486 g/mol. The van der Waals surface area contributed by atoms with Gasteiger partial charge in [0.25, 0.3) is 5.91 Å². The summed E-state index contributed by atoms with van der Waals surface area (Å²) in [6.07, 6.45) is -4.56. The Morgan fingerprint density at radius 1 is 1.03 bits per heavy atom. The van der Waals surface area contributed by atoms with Gasteiger partial charge in [0.1, 0.15) is 6.54 Å². The summed E-state index contributed by atoms with van der Waals surface area (Å²) < 4.78 is 77.0. The van der Waals surface area contributed by atoms with E-state index in [1.807, 2.05) is 0 Å². The number of anilines is 1. The minimum absolute atomic E-state index is 0.0556. The van der Waals surface area contributed by atoms with E-state index in [9.17, 15) is 36.3 Å². The zero-order valence-electron chi connectivity index (χ0n) is 18.2. The van der Waals surface area contributed by atoms with E-state index >= 15 is 0 Å². The van der Waals surface area contributed by atoms with E-state index in [0.29, 0.717) is 4.90 Å². The number of hydrogen-bond donors (Lipinski definition) is 0. The molecule has 0 aromatic heterocycles. The maximum absolute atomic E-state index is 14.5. The summed E-state index contributed by atoms with van der Waals surface area (Å²) in [5, 5.41) is 0. The third-order valence-electron chi connectivity index (χ3n) is 5.00. The number of rotatable bonds is 6. The highest BCUT2D eigenvalue weighted by Gasteiger charge is 2.38. The molecule has 0 spiro atoms. The van der Waals surface area contributed by atoms with E-state index in [1.165, 1.54) is 13.8 Å². The van der Waals surface area contributed by atoms with Gasteiger partial charge in [0, 0.05) is 5.69 Å². The number of amides is 3. The average Bonchev–Trinajstić information content (AvgIpc) is 3.03. The topological polar surface area (TPSA) is 76.2 Å². The van der Waals surface area contributed by atoms with Crippen molar-refractivity contribution in [1.29, 1.82) is 0 Å². The fraction of sp³-hybridized carbons (Fsp3) is 0.318. The number of imide groups is 1. The first-order valence-electron chi connectivity index (χ1n) is 9.79. The van der Waals surface area contributed by atoms with Crippen LogP contribution < -0.4 is 9.64 Å². The first-order chi connectivity index (χ1) is 15.7. The van der Waals surface area contributed by atoms with Crippen LogP contribution in [0.2, 0.25) is 0 Å². The number of hydrogen-bond acceptors (Lipinski definition) is 5. The standard InChI is InChI=1S/C22H19F5N2O5/c1-21(2,19(31)33-3)34-18-15(23)8-12(9-16(18)24)10-29-17(30)11-28(20(29)32)14-6-4-13(5-7-14)22(25,26)27/h4-9H,10-11H2,1-3H3. The predicted molar refractivity (Wildman–Crippen MR) is 108 cm³/mol. The molecule has 0 aliphatic carbocycles. The quantitative estimate of drug-likeness (QED) is 0.346. The van der Waals surface area contributed by atoms with Gasteiger partial charge in [-0.15, -0.1) is 0 Å². The Balaban J connectivity index is 1.78. The van der Waals surface area contributed by atoms with Crippen molar-refractivity contribution in [2.24, 2.45) is 0 Å². The van der Waals surface area contributed by atoms with Crippen LogP contribution in [0.4, 0.5) is 32.4 Å². The number of carbonyl (C=O) groups is 3. The summed E-state index contributed by atoms with van der Waals surface area (Å²) in [5.74, 6) is -4.77. The number of esters is 1. The van der Waals surface area contributed by atoms with Crippen LogP contribution in [0.1, 0.15) is 25.0 Å². The van der Waals surface area contributed by atoms with Crippen molar-refractivity contribution < 1.29 is 45.8 Å². The zero-order chi connectivity index (χ0) is 25.4. The third kappa shape index (κ3) is 4.95. The Kier molecular flexibility index (Phi) is 6.54. The van der Waals surface area contributed by atoms with Crippen molar-refractivity contribution >= 4 is 23.6 Å². The predicted octanol–water partition coefficient (Wildman–Crippen LogP) is 4.28. The molecule has 2 aromatic carbocycles. The molecule has 7 nitrogen and oxygen atoms in total. The molecule has 1 saturated heterocycles. The first-order valence-corrected chi connectivity index (χ1v) is 9.79. The molecule has 34 heavy (non-hydrogen) atoms. The van der Waals surface area contributed by atoms with Gasteiger partial charge in [0.05, 0.1) is 19.2 Å². The lowest BCUT2D eigenvalue weighted by Crippen LogP contribution is -2.39. The number of carbonyl (C=O) groups excluding carboxylic acids is 3. The lowest BCUT2D eigenvalue weighted by Gasteiger charge is -2.24. The fourth-order valence-electron chi connectivity index (χ4n) is 3.25. The molecule has 3 rings (SSSR count). The Hall–Kier alpha value is -3.70. The van der Waals surface area contributed by atoms with Crippen LogP contribution >= 0.6 is 0 Å². The molecule has 1 aliphatic rings. The van der Waals surface area contributed by atoms with E-state index in [4.69, 9.17) is 4.74 Å². The molecule has 0 N–H and O–H groups in total. The van der Waals surface area contributed by atoms with Crippen molar-refractivity contribution in [3.8, 4) is 5.75 Å². The SMILES string of the molecule is COC(=O)C(C)(C)Oc1c(F)cc(CN2C(=O)CN(c3ccc(C(F)(F)F)cc3)C2=O)cc1F. The Morgan fingerprint density at radius 3 is 2.09 bits per heavy atom. The van der Waals surface area contributed by atoms with Crippen molar-refractivity contribution in [3.05, 3.63) is 59.2 Å². The van der Waals surface area contributed by atoms with E-state index in [-0.39, 0.29) is 11.3 Å². The van der Waals surface area contributed by atoms with Gasteiger partial charge < -0.3 is 9.47 Å². The van der Waals surface area contributed by atoms with Crippen LogP contribution in [0, 0.1) is 11.6 Å². The van der Waals surface area contributed by atoms with Gasteiger partial charge >= 0.3 is 18.2 Å². The second-order valence-corrected chi connectivity index (χ2v) is 7.89. The second kappa shape index (κ2) is 8.92. The van der Waals surface area contributed by atoms with Crippen LogP contribution in [0.3, 0.4) is 0 Å². The Labute approximate surface area is 190 Å². The van der Waals surface area contributed by atoms with E-state index < -0.39 is 65.7 Å². The molecular formula is C22H19F5N2O5. The number of halogens is 5. The molecule has 1 fully saturated rings. The van der Waals surface area contributed by atoms with E-state index in [1.54, 1.807) is 0 Å². The normalized spacial score (nSPS) is 14.6. The molecule has 0 radical (unpaired) electrons. The smallest absolute Gasteiger partial charge is 0.416 e. The molecule has 0 unspecified atom stereocenters. The molecule has 0 bridgehead atoms. The molecule has 1 aliphatic heterocycles. The van der Waals surface area contributed by atoms with Crippen molar-refractivity contribution in [3.63, 3.8) is 0 Å². The molecule has 3 amide bonds. The van der Waals surface area contributed by atoms with Gasteiger partial charge in [-0.3, -0.25) is 14.6 Å². The minimum Gasteiger partial charge on any atom is -0.470 e. The van der Waals surface area contributed by atoms with Crippen LogP contribution in [-0.2, 0) is 27.0 Å². The third-order valence-corrected chi connectivity index (χ3v) is 5.00. The average molecular weight is 486 g/mol. The summed E-state index contributed by atoms with van der Waals surface area (Å²) >= 11 is 0. The lowest BCUT2D eigenvalue weighted by molar-refractivity contribution is -0.156. The van der Waals surface area contributed by atoms with Gasteiger partial charge in [-0.1, -0.05) is 0 Å². The highest BCUT2D eigenvalue weighted by Crippen LogP contribution is 2.32. The largest absolute Gasteiger partial charge is 0.470 e. The van der Waals surface area contributed by atoms with E-state index in [2.05, 4.69) is 4.74 Å². The van der Waals surface area contributed by atoms with Gasteiger partial charge in [0.15, 0.2) is 23.0 Å². The van der Waals surface area contributed by atoms with Crippen LogP contribution in [0.5, 0.6) is 5.75 Å². The Morgan fingerprint density at radius 2 is 1.59 bits per heavy atom. The number of urea groups is 1. The molecule has 0 saturated carbocycles. The summed E-state index contributed by atoms with van der Waals surface area (Å²) in [5.41, 5.74) is -2.65. The Bertz CT molecular complexity index is 1110. The summed E-state index contributed by atoms with van der Waals surface area (Å²) in [6.45, 7) is 1.55. The second-order valence-electron chi connectivity index (χ2n) is 7.89. The summed E-state index contributed by atoms with van der Waals surface area (Å²) in [4.78, 5) is 38.4. The van der Waals surface area contributed by atoms with Crippen LogP contribution in [-0.4, -0.2) is 42.1 Å². The summed E-state index contributed by atoms with van der Waals surface area (Å²) in [7, 11) is 1.08. The maximum Gasteiger partial charge on any atom is 0.416 e. The summed E-state index contributed by atoms with van der Waals surface area (Å²) in [6, 6.07) is 4.46. The number of alkyl halides is 3. The molecule has 182 valence electrons. The number of ether oxygens (including phenoxy) is 2. The van der Waals surface area contributed by atoms with Gasteiger partial charge in [-0.05, 0) is 55.8 Å². The van der Waals surface area contributed by atoms with Crippen LogP contribution in [0.25, 0.3) is 0 Å². The molecule has 2 aromatic rings. The highest BCUT2D eigenvalue weighted by atomic mass is 19.4. The lowest BCUT2D eigenvalue weighted by atomic mass is 10.1. The zero-order valence-corrected chi connectivity index (χ0v) is 18.2. The first kappa shape index (κ1) is 24.9. The van der Waals surface area contributed by atoms with Gasteiger partial charge in [0.2, 0.25) is 0 Å². The molecule has 1 heterocycles. The van der Waals surface area contributed by atoms with E-state index in [0.717, 1.165) is 48.4 Å². The van der Waals surface area contributed by atoms with Crippen molar-refractivity contribution in [2.45, 2.75) is 32.2 Å². The number of benzene rings is 2. The highest BCUT2D eigenvalue weighted by molar-refractivity contribution is 6.12. The van der Waals surface area contributed by atoms with Crippen LogP contribution in [0.15, 0.2) is 36.4 Å². The van der Waals surface area contributed by atoms with Gasteiger partial charge in [-0.25, -0.2) is 18.4 Å².